The Labute approximate surface area is 107 Å². The highest BCUT2D eigenvalue weighted by Crippen LogP contribution is 2.26. The maximum atomic E-state index is 5.10. The van der Waals surface area contributed by atoms with E-state index in [0.29, 0.717) is 6.54 Å². The molecule has 0 spiro atoms. The standard InChI is InChI=1S/C12H22N2O2S/c1-12(2,3)11-14-7-9(17-11)6-13-8-10(15-4)16-5/h7,10,13H,6,8H2,1-5H3. The van der Waals surface area contributed by atoms with E-state index in [1.54, 1.807) is 25.6 Å². The zero-order valence-corrected chi connectivity index (χ0v) is 12.1. The lowest BCUT2D eigenvalue weighted by atomic mass is 9.98. The third-order valence-corrected chi connectivity index (χ3v) is 3.75. The first-order chi connectivity index (χ1) is 7.97. The number of methoxy groups -OCH3 is 2. The smallest absolute Gasteiger partial charge is 0.169 e. The van der Waals surface area contributed by atoms with Gasteiger partial charge in [0.1, 0.15) is 0 Å². The van der Waals surface area contributed by atoms with Gasteiger partial charge >= 0.3 is 0 Å². The first-order valence-corrected chi connectivity index (χ1v) is 6.50. The summed E-state index contributed by atoms with van der Waals surface area (Å²) in [6, 6.07) is 0. The van der Waals surface area contributed by atoms with Crippen molar-refractivity contribution in [3.63, 3.8) is 0 Å². The van der Waals surface area contributed by atoms with Crippen molar-refractivity contribution < 1.29 is 9.47 Å². The van der Waals surface area contributed by atoms with Crippen LogP contribution in [-0.2, 0) is 21.4 Å². The van der Waals surface area contributed by atoms with E-state index >= 15 is 0 Å². The number of ether oxygens (including phenoxy) is 2. The van der Waals surface area contributed by atoms with Gasteiger partial charge in [0.2, 0.25) is 0 Å². The molecular weight excluding hydrogens is 236 g/mol. The van der Waals surface area contributed by atoms with Gasteiger partial charge < -0.3 is 14.8 Å². The summed E-state index contributed by atoms with van der Waals surface area (Å²) in [5, 5.41) is 4.46. The summed E-state index contributed by atoms with van der Waals surface area (Å²) in [6.07, 6.45) is 1.75. The van der Waals surface area contributed by atoms with Crippen LogP contribution >= 0.6 is 11.3 Å². The topological polar surface area (TPSA) is 43.4 Å². The minimum absolute atomic E-state index is 0.129. The fraction of sp³-hybridized carbons (Fsp3) is 0.750. The van der Waals surface area contributed by atoms with Crippen LogP contribution < -0.4 is 5.32 Å². The number of nitrogens with one attached hydrogen (secondary N) is 1. The Balaban J connectivity index is 2.40. The number of thiazole rings is 1. The number of aromatic nitrogens is 1. The molecule has 1 aromatic heterocycles. The van der Waals surface area contributed by atoms with E-state index in [4.69, 9.17) is 9.47 Å². The molecule has 0 unspecified atom stereocenters. The Morgan fingerprint density at radius 1 is 1.35 bits per heavy atom. The summed E-state index contributed by atoms with van der Waals surface area (Å²) >= 11 is 1.75. The average Bonchev–Trinajstić information content (AvgIpc) is 2.73. The molecule has 0 saturated heterocycles. The highest BCUT2D eigenvalue weighted by atomic mass is 32.1. The Morgan fingerprint density at radius 2 is 2.00 bits per heavy atom. The Bertz CT molecular complexity index is 329. The lowest BCUT2D eigenvalue weighted by Crippen LogP contribution is -2.29. The second-order valence-electron chi connectivity index (χ2n) is 4.91. The summed E-state index contributed by atoms with van der Waals surface area (Å²) in [5.74, 6) is 0. The Hall–Kier alpha value is -0.490. The molecule has 0 bridgehead atoms. The van der Waals surface area contributed by atoms with E-state index in [2.05, 4.69) is 31.1 Å². The van der Waals surface area contributed by atoms with Gasteiger partial charge in [0, 0.05) is 43.8 Å². The molecule has 0 aliphatic rings. The normalized spacial score (nSPS) is 12.4. The predicted octanol–water partition coefficient (Wildman–Crippen LogP) is 2.15. The highest BCUT2D eigenvalue weighted by molar-refractivity contribution is 7.11. The van der Waals surface area contributed by atoms with E-state index in [-0.39, 0.29) is 11.7 Å². The van der Waals surface area contributed by atoms with Crippen LogP contribution in [0.25, 0.3) is 0 Å². The molecule has 4 nitrogen and oxygen atoms in total. The number of hydrogen-bond donors (Lipinski definition) is 1. The summed E-state index contributed by atoms with van der Waals surface area (Å²) in [7, 11) is 3.28. The van der Waals surface area contributed by atoms with E-state index in [1.807, 2.05) is 6.20 Å². The van der Waals surface area contributed by atoms with Crippen LogP contribution in [0, 0.1) is 0 Å². The molecule has 0 aliphatic heterocycles. The van der Waals surface area contributed by atoms with Crippen molar-refractivity contribution in [1.82, 2.24) is 10.3 Å². The summed E-state index contributed by atoms with van der Waals surface area (Å²) in [4.78, 5) is 5.68. The fourth-order valence-corrected chi connectivity index (χ4v) is 2.25. The zero-order chi connectivity index (χ0) is 12.9. The second-order valence-corrected chi connectivity index (χ2v) is 6.03. The highest BCUT2D eigenvalue weighted by Gasteiger charge is 2.17. The summed E-state index contributed by atoms with van der Waals surface area (Å²) in [6.45, 7) is 8.01. The minimum atomic E-state index is -0.190. The lowest BCUT2D eigenvalue weighted by molar-refractivity contribution is -0.0988. The van der Waals surface area contributed by atoms with Crippen molar-refractivity contribution in [2.45, 2.75) is 39.0 Å². The van der Waals surface area contributed by atoms with Crippen molar-refractivity contribution in [3.05, 3.63) is 16.1 Å². The van der Waals surface area contributed by atoms with Gasteiger partial charge in [-0.05, 0) is 0 Å². The molecular formula is C12H22N2O2S. The molecule has 1 heterocycles. The second kappa shape index (κ2) is 6.44. The van der Waals surface area contributed by atoms with Crippen LogP contribution in [0.2, 0.25) is 0 Å². The molecule has 0 aromatic carbocycles. The zero-order valence-electron chi connectivity index (χ0n) is 11.2. The summed E-state index contributed by atoms with van der Waals surface area (Å²) < 4.78 is 10.2. The number of nitrogens with zero attached hydrogens (tertiary/aromatic N) is 1. The predicted molar refractivity (Wildman–Crippen MR) is 70.3 cm³/mol. The molecule has 1 rings (SSSR count). The third-order valence-electron chi connectivity index (χ3n) is 2.33. The Kier molecular flexibility index (Phi) is 5.52. The van der Waals surface area contributed by atoms with Crippen molar-refractivity contribution in [2.75, 3.05) is 20.8 Å². The molecule has 0 saturated carbocycles. The molecule has 1 N–H and O–H groups in total. The van der Waals surface area contributed by atoms with Crippen LogP contribution in [0.4, 0.5) is 0 Å². The third kappa shape index (κ3) is 4.71. The molecule has 0 fully saturated rings. The van der Waals surface area contributed by atoms with E-state index in [0.717, 1.165) is 6.54 Å². The monoisotopic (exact) mass is 258 g/mol. The minimum Gasteiger partial charge on any atom is -0.355 e. The van der Waals surface area contributed by atoms with Crippen molar-refractivity contribution in [3.8, 4) is 0 Å². The molecule has 5 heteroatoms. The number of rotatable bonds is 6. The summed E-state index contributed by atoms with van der Waals surface area (Å²) in [5.41, 5.74) is 0.129. The van der Waals surface area contributed by atoms with Gasteiger partial charge in [0.15, 0.2) is 6.29 Å². The van der Waals surface area contributed by atoms with Crippen molar-refractivity contribution >= 4 is 11.3 Å². The molecule has 0 atom stereocenters. The van der Waals surface area contributed by atoms with Crippen LogP contribution in [0.1, 0.15) is 30.7 Å². The van der Waals surface area contributed by atoms with Crippen LogP contribution in [0.5, 0.6) is 0 Å². The van der Waals surface area contributed by atoms with Crippen LogP contribution in [-0.4, -0.2) is 32.0 Å². The SMILES string of the molecule is COC(CNCc1cnc(C(C)(C)C)s1)OC. The van der Waals surface area contributed by atoms with Gasteiger partial charge in [0.25, 0.3) is 0 Å². The van der Waals surface area contributed by atoms with Crippen molar-refractivity contribution in [1.29, 1.82) is 0 Å². The van der Waals surface area contributed by atoms with E-state index in [1.165, 1.54) is 9.88 Å². The maximum absolute atomic E-state index is 5.10. The molecule has 98 valence electrons. The number of hydrogen-bond acceptors (Lipinski definition) is 5. The molecule has 1 aromatic rings. The van der Waals surface area contributed by atoms with Gasteiger partial charge in [-0.1, -0.05) is 20.8 Å². The van der Waals surface area contributed by atoms with E-state index < -0.39 is 0 Å². The van der Waals surface area contributed by atoms with Gasteiger partial charge in [0.05, 0.1) is 5.01 Å². The first kappa shape index (κ1) is 14.6. The van der Waals surface area contributed by atoms with Gasteiger partial charge in [-0.3, -0.25) is 0 Å². The van der Waals surface area contributed by atoms with Gasteiger partial charge in [-0.25, -0.2) is 4.98 Å². The largest absolute Gasteiger partial charge is 0.355 e. The lowest BCUT2D eigenvalue weighted by Gasteiger charge is -2.14. The molecule has 0 radical (unpaired) electrons. The quantitative estimate of drug-likeness (QED) is 0.794. The maximum Gasteiger partial charge on any atom is 0.169 e. The van der Waals surface area contributed by atoms with Crippen LogP contribution in [0.3, 0.4) is 0 Å². The molecule has 0 aliphatic carbocycles. The Morgan fingerprint density at radius 3 is 2.47 bits per heavy atom. The average molecular weight is 258 g/mol. The fourth-order valence-electron chi connectivity index (χ4n) is 1.31. The van der Waals surface area contributed by atoms with Crippen molar-refractivity contribution in [2.24, 2.45) is 0 Å². The van der Waals surface area contributed by atoms with E-state index in [9.17, 15) is 0 Å². The van der Waals surface area contributed by atoms with Gasteiger partial charge in [-0.15, -0.1) is 11.3 Å². The van der Waals surface area contributed by atoms with Crippen LogP contribution in [0.15, 0.2) is 6.20 Å². The first-order valence-electron chi connectivity index (χ1n) is 5.69. The molecule has 0 amide bonds. The van der Waals surface area contributed by atoms with Gasteiger partial charge in [-0.2, -0.15) is 0 Å². The molecule has 17 heavy (non-hydrogen) atoms.